The molecule has 0 spiro atoms. The van der Waals surface area contributed by atoms with E-state index in [2.05, 4.69) is 14.8 Å². The SMILES string of the molecule is COC(=O)c1cccc(NC(=O)c2ccccc2NS(=O)(=O)c2ccc3c(c2)OCCO3)c1. The molecule has 0 radical (unpaired) electrons. The summed E-state index contributed by atoms with van der Waals surface area (Å²) in [6.45, 7) is 0.715. The first-order chi connectivity index (χ1) is 15.9. The predicted octanol–water partition coefficient (Wildman–Crippen LogP) is 3.30. The molecule has 0 bridgehead atoms. The number of carbonyl (C=O) groups is 2. The van der Waals surface area contributed by atoms with E-state index in [-0.39, 0.29) is 21.7 Å². The maximum absolute atomic E-state index is 13.0. The number of esters is 1. The molecule has 0 fully saturated rings. The van der Waals surface area contributed by atoms with Gasteiger partial charge in [0.05, 0.1) is 28.8 Å². The van der Waals surface area contributed by atoms with Crippen molar-refractivity contribution >= 4 is 33.3 Å². The van der Waals surface area contributed by atoms with Gasteiger partial charge in [-0.1, -0.05) is 18.2 Å². The number of hydrogen-bond acceptors (Lipinski definition) is 7. The van der Waals surface area contributed by atoms with Gasteiger partial charge < -0.3 is 19.5 Å². The first kappa shape index (κ1) is 22.2. The molecule has 33 heavy (non-hydrogen) atoms. The molecule has 9 nitrogen and oxygen atoms in total. The standard InChI is InChI=1S/C23H20N2O7S/c1-30-23(27)15-5-4-6-16(13-15)24-22(26)18-7-2-3-8-19(18)25-33(28,29)17-9-10-20-21(14-17)32-12-11-31-20/h2-10,13-14,25H,11-12H2,1H3,(H,24,26). The van der Waals surface area contributed by atoms with E-state index in [1.165, 1.54) is 43.5 Å². The minimum atomic E-state index is -4.02. The second kappa shape index (κ2) is 9.21. The summed E-state index contributed by atoms with van der Waals surface area (Å²) in [5.74, 6) is -0.300. The molecule has 0 saturated heterocycles. The molecule has 2 N–H and O–H groups in total. The van der Waals surface area contributed by atoms with E-state index in [4.69, 9.17) is 9.47 Å². The van der Waals surface area contributed by atoms with Gasteiger partial charge in [-0.25, -0.2) is 13.2 Å². The van der Waals surface area contributed by atoms with Crippen molar-refractivity contribution < 1.29 is 32.2 Å². The van der Waals surface area contributed by atoms with Gasteiger partial charge in [-0.05, 0) is 42.5 Å². The third-order valence-electron chi connectivity index (χ3n) is 4.78. The fourth-order valence-corrected chi connectivity index (χ4v) is 4.30. The van der Waals surface area contributed by atoms with Crippen LogP contribution in [0.15, 0.2) is 71.6 Å². The fourth-order valence-electron chi connectivity index (χ4n) is 3.20. The van der Waals surface area contributed by atoms with Gasteiger partial charge in [-0.3, -0.25) is 9.52 Å². The van der Waals surface area contributed by atoms with Crippen molar-refractivity contribution in [2.75, 3.05) is 30.4 Å². The number of amides is 1. The van der Waals surface area contributed by atoms with Gasteiger partial charge in [0.1, 0.15) is 13.2 Å². The number of para-hydroxylation sites is 1. The molecule has 4 rings (SSSR count). The Balaban J connectivity index is 1.57. The molecule has 0 aliphatic carbocycles. The van der Waals surface area contributed by atoms with Crippen LogP contribution in [-0.4, -0.2) is 40.6 Å². The fraction of sp³-hybridized carbons (Fsp3) is 0.130. The van der Waals surface area contributed by atoms with Crippen molar-refractivity contribution in [3.63, 3.8) is 0 Å². The van der Waals surface area contributed by atoms with Gasteiger partial charge in [0.15, 0.2) is 11.5 Å². The molecule has 0 aromatic heterocycles. The lowest BCUT2D eigenvalue weighted by molar-refractivity contribution is 0.0600. The van der Waals surface area contributed by atoms with Crippen LogP contribution in [0, 0.1) is 0 Å². The van der Waals surface area contributed by atoms with Gasteiger partial charge in [0.2, 0.25) is 0 Å². The molecule has 170 valence electrons. The number of rotatable bonds is 6. The van der Waals surface area contributed by atoms with Gasteiger partial charge in [-0.2, -0.15) is 0 Å². The van der Waals surface area contributed by atoms with Crippen LogP contribution in [0.4, 0.5) is 11.4 Å². The van der Waals surface area contributed by atoms with E-state index in [0.29, 0.717) is 30.4 Å². The molecule has 0 unspecified atom stereocenters. The number of nitrogens with one attached hydrogen (secondary N) is 2. The van der Waals surface area contributed by atoms with E-state index in [0.717, 1.165) is 0 Å². The highest BCUT2D eigenvalue weighted by atomic mass is 32.2. The zero-order chi connectivity index (χ0) is 23.4. The molecule has 3 aromatic carbocycles. The highest BCUT2D eigenvalue weighted by Gasteiger charge is 2.22. The molecule has 10 heteroatoms. The first-order valence-electron chi connectivity index (χ1n) is 9.88. The van der Waals surface area contributed by atoms with Gasteiger partial charge in [0.25, 0.3) is 15.9 Å². The Morgan fingerprint density at radius 1 is 0.909 bits per heavy atom. The number of methoxy groups -OCH3 is 1. The minimum absolute atomic E-state index is 0.0345. The maximum Gasteiger partial charge on any atom is 0.337 e. The third kappa shape index (κ3) is 4.90. The molecular weight excluding hydrogens is 448 g/mol. The van der Waals surface area contributed by atoms with Crippen LogP contribution in [-0.2, 0) is 14.8 Å². The third-order valence-corrected chi connectivity index (χ3v) is 6.14. The molecule has 3 aromatic rings. The highest BCUT2D eigenvalue weighted by molar-refractivity contribution is 7.92. The summed E-state index contributed by atoms with van der Waals surface area (Å²) < 4.78 is 44.0. The number of sulfonamides is 1. The van der Waals surface area contributed by atoms with Crippen LogP contribution >= 0.6 is 0 Å². The molecule has 1 heterocycles. The van der Waals surface area contributed by atoms with Crippen LogP contribution in [0.3, 0.4) is 0 Å². The monoisotopic (exact) mass is 468 g/mol. The van der Waals surface area contributed by atoms with E-state index in [9.17, 15) is 18.0 Å². The van der Waals surface area contributed by atoms with Gasteiger partial charge in [0, 0.05) is 11.8 Å². The average molecular weight is 468 g/mol. The zero-order valence-corrected chi connectivity index (χ0v) is 18.3. The van der Waals surface area contributed by atoms with Gasteiger partial charge >= 0.3 is 5.97 Å². The second-order valence-corrected chi connectivity index (χ2v) is 8.67. The van der Waals surface area contributed by atoms with E-state index in [1.807, 2.05) is 0 Å². The van der Waals surface area contributed by atoms with Crippen molar-refractivity contribution in [3.05, 3.63) is 77.9 Å². The van der Waals surface area contributed by atoms with Crippen LogP contribution in [0.2, 0.25) is 0 Å². The molecular formula is C23H20N2O7S. The maximum atomic E-state index is 13.0. The Kier molecular flexibility index (Phi) is 6.18. The lowest BCUT2D eigenvalue weighted by Gasteiger charge is -2.19. The molecule has 0 atom stereocenters. The molecule has 1 amide bonds. The van der Waals surface area contributed by atoms with Crippen molar-refractivity contribution in [1.82, 2.24) is 0 Å². The number of anilines is 2. The van der Waals surface area contributed by atoms with Crippen LogP contribution < -0.4 is 19.5 Å². The summed E-state index contributed by atoms with van der Waals surface area (Å²) in [6, 6.07) is 16.7. The quantitative estimate of drug-likeness (QED) is 0.533. The Bertz CT molecular complexity index is 1320. The second-order valence-electron chi connectivity index (χ2n) is 6.98. The molecule has 1 aliphatic rings. The van der Waals surface area contributed by atoms with Crippen molar-refractivity contribution in [2.24, 2.45) is 0 Å². The number of benzene rings is 3. The first-order valence-corrected chi connectivity index (χ1v) is 11.4. The van der Waals surface area contributed by atoms with Crippen LogP contribution in [0.25, 0.3) is 0 Å². The summed E-state index contributed by atoms with van der Waals surface area (Å²) in [5, 5.41) is 2.67. The summed E-state index contributed by atoms with van der Waals surface area (Å²) >= 11 is 0. The lowest BCUT2D eigenvalue weighted by Crippen LogP contribution is -2.19. The van der Waals surface area contributed by atoms with Crippen molar-refractivity contribution in [3.8, 4) is 11.5 Å². The Morgan fingerprint density at radius 3 is 2.45 bits per heavy atom. The predicted molar refractivity (Wildman–Crippen MR) is 120 cm³/mol. The molecule has 1 aliphatic heterocycles. The highest BCUT2D eigenvalue weighted by Crippen LogP contribution is 2.33. The van der Waals surface area contributed by atoms with Crippen molar-refractivity contribution in [2.45, 2.75) is 4.90 Å². The molecule has 0 saturated carbocycles. The van der Waals surface area contributed by atoms with E-state index >= 15 is 0 Å². The summed E-state index contributed by atoms with van der Waals surface area (Å²) in [5.41, 5.74) is 0.811. The Hall–Kier alpha value is -4.05. The Labute approximate surface area is 190 Å². The number of fused-ring (bicyclic) bond motifs is 1. The van der Waals surface area contributed by atoms with Gasteiger partial charge in [-0.15, -0.1) is 0 Å². The smallest absolute Gasteiger partial charge is 0.337 e. The van der Waals surface area contributed by atoms with Crippen LogP contribution in [0.5, 0.6) is 11.5 Å². The number of ether oxygens (including phenoxy) is 3. The number of hydrogen-bond donors (Lipinski definition) is 2. The normalized spacial score (nSPS) is 12.5. The largest absolute Gasteiger partial charge is 0.486 e. The van der Waals surface area contributed by atoms with Crippen LogP contribution in [0.1, 0.15) is 20.7 Å². The van der Waals surface area contributed by atoms with Crippen molar-refractivity contribution in [1.29, 1.82) is 0 Å². The topological polar surface area (TPSA) is 120 Å². The summed E-state index contributed by atoms with van der Waals surface area (Å²) in [7, 11) is -2.76. The number of carbonyl (C=O) groups excluding carboxylic acids is 2. The minimum Gasteiger partial charge on any atom is -0.486 e. The van der Waals surface area contributed by atoms with E-state index < -0.39 is 21.9 Å². The van der Waals surface area contributed by atoms with E-state index in [1.54, 1.807) is 30.3 Å². The summed E-state index contributed by atoms with van der Waals surface area (Å²) in [4.78, 5) is 24.6. The summed E-state index contributed by atoms with van der Waals surface area (Å²) in [6.07, 6.45) is 0. The Morgan fingerprint density at radius 2 is 1.67 bits per heavy atom. The zero-order valence-electron chi connectivity index (χ0n) is 17.5. The lowest BCUT2D eigenvalue weighted by atomic mass is 10.1. The average Bonchev–Trinajstić information content (AvgIpc) is 2.83.